The van der Waals surface area contributed by atoms with Gasteiger partial charge in [0.2, 0.25) is 0 Å². The molecule has 1 N–H and O–H groups in total. The molecule has 0 heterocycles. The van der Waals surface area contributed by atoms with E-state index in [-0.39, 0.29) is 5.82 Å². The van der Waals surface area contributed by atoms with E-state index in [0.29, 0.717) is 18.6 Å². The number of hydrogen-bond donors (Lipinski definition) is 1. The van der Waals surface area contributed by atoms with Gasteiger partial charge in [0, 0.05) is 23.7 Å². The highest BCUT2D eigenvalue weighted by Gasteiger charge is 2.23. The number of hydrogen-bond acceptors (Lipinski definition) is 2. The van der Waals surface area contributed by atoms with E-state index in [1.54, 1.807) is 6.07 Å². The summed E-state index contributed by atoms with van der Waals surface area (Å²) in [5.41, 5.74) is 0.999. The minimum absolute atomic E-state index is 0.193. The van der Waals surface area contributed by atoms with Crippen molar-refractivity contribution in [3.05, 3.63) is 34.1 Å². The Bertz CT molecular complexity index is 398. The smallest absolute Gasteiger partial charge is 0.124 e. The Morgan fingerprint density at radius 1 is 1.26 bits per heavy atom. The van der Waals surface area contributed by atoms with Crippen molar-refractivity contribution in [3.8, 4) is 0 Å². The average Bonchev–Trinajstić information content (AvgIpc) is 2.37. The van der Waals surface area contributed by atoms with Crippen molar-refractivity contribution in [2.45, 2.75) is 38.3 Å². The standard InChI is InChI=1S/C15H21BrFNO/c1-18(15-4-2-11(10-19)3-5-15)9-12-6-13(16)8-14(17)7-12/h6-8,11,15,19H,2-5,9-10H2,1H3. The van der Waals surface area contributed by atoms with E-state index in [9.17, 15) is 4.39 Å². The Balaban J connectivity index is 1.92. The van der Waals surface area contributed by atoms with Crippen molar-refractivity contribution in [3.63, 3.8) is 0 Å². The molecule has 0 radical (unpaired) electrons. The molecule has 19 heavy (non-hydrogen) atoms. The van der Waals surface area contributed by atoms with Crippen LogP contribution in [0.1, 0.15) is 31.2 Å². The zero-order valence-corrected chi connectivity index (χ0v) is 12.9. The van der Waals surface area contributed by atoms with Gasteiger partial charge in [0.05, 0.1) is 0 Å². The summed E-state index contributed by atoms with van der Waals surface area (Å²) in [5.74, 6) is 0.287. The number of aliphatic hydroxyl groups excluding tert-OH is 1. The van der Waals surface area contributed by atoms with Crippen molar-refractivity contribution in [2.24, 2.45) is 5.92 Å². The number of rotatable bonds is 4. The summed E-state index contributed by atoms with van der Waals surface area (Å²) in [6, 6.07) is 5.60. The third-order valence-corrected chi connectivity index (χ3v) is 4.51. The Hall–Kier alpha value is -0.450. The van der Waals surface area contributed by atoms with Gasteiger partial charge >= 0.3 is 0 Å². The van der Waals surface area contributed by atoms with Gasteiger partial charge in [-0.3, -0.25) is 4.90 Å². The summed E-state index contributed by atoms with van der Waals surface area (Å²) in [6.07, 6.45) is 4.44. The predicted molar refractivity (Wildman–Crippen MR) is 78.4 cm³/mol. The zero-order chi connectivity index (χ0) is 13.8. The van der Waals surface area contributed by atoms with Crippen LogP contribution in [0.2, 0.25) is 0 Å². The van der Waals surface area contributed by atoms with E-state index < -0.39 is 0 Å². The largest absolute Gasteiger partial charge is 0.396 e. The van der Waals surface area contributed by atoms with Gasteiger partial charge in [0.25, 0.3) is 0 Å². The number of aliphatic hydroxyl groups is 1. The van der Waals surface area contributed by atoms with Crippen LogP contribution in [-0.2, 0) is 6.54 Å². The topological polar surface area (TPSA) is 23.5 Å². The molecule has 106 valence electrons. The molecule has 2 nitrogen and oxygen atoms in total. The minimum Gasteiger partial charge on any atom is -0.396 e. The Labute approximate surface area is 122 Å². The van der Waals surface area contributed by atoms with Gasteiger partial charge in [-0.2, -0.15) is 0 Å². The lowest BCUT2D eigenvalue weighted by atomic mass is 9.86. The van der Waals surface area contributed by atoms with Gasteiger partial charge in [0.1, 0.15) is 5.82 Å². The lowest BCUT2D eigenvalue weighted by Crippen LogP contribution is -2.35. The molecule has 1 aromatic rings. The Morgan fingerprint density at radius 3 is 2.53 bits per heavy atom. The third kappa shape index (κ3) is 4.26. The molecule has 1 aliphatic rings. The van der Waals surface area contributed by atoms with Gasteiger partial charge in [-0.15, -0.1) is 0 Å². The fourth-order valence-corrected chi connectivity index (χ4v) is 3.40. The highest BCUT2D eigenvalue weighted by molar-refractivity contribution is 9.10. The van der Waals surface area contributed by atoms with Gasteiger partial charge < -0.3 is 5.11 Å². The molecule has 2 rings (SSSR count). The van der Waals surface area contributed by atoms with E-state index in [1.165, 1.54) is 6.07 Å². The van der Waals surface area contributed by atoms with Crippen LogP contribution >= 0.6 is 15.9 Å². The Morgan fingerprint density at radius 2 is 1.95 bits per heavy atom. The lowest BCUT2D eigenvalue weighted by molar-refractivity contribution is 0.124. The van der Waals surface area contributed by atoms with Crippen molar-refractivity contribution < 1.29 is 9.50 Å². The van der Waals surface area contributed by atoms with Crippen LogP contribution in [0.15, 0.2) is 22.7 Å². The molecule has 0 saturated heterocycles. The highest BCUT2D eigenvalue weighted by Crippen LogP contribution is 2.27. The highest BCUT2D eigenvalue weighted by atomic mass is 79.9. The molecular formula is C15H21BrFNO. The fourth-order valence-electron chi connectivity index (χ4n) is 2.89. The first-order chi connectivity index (χ1) is 9.08. The summed E-state index contributed by atoms with van der Waals surface area (Å²) in [5, 5.41) is 9.15. The van der Waals surface area contributed by atoms with Crippen LogP contribution in [0.5, 0.6) is 0 Å². The second-order valence-corrected chi connectivity index (χ2v) is 6.47. The van der Waals surface area contributed by atoms with Crippen molar-refractivity contribution in [1.29, 1.82) is 0 Å². The number of halogens is 2. The first kappa shape index (κ1) is 14.9. The molecule has 0 atom stereocenters. The quantitative estimate of drug-likeness (QED) is 0.912. The van der Waals surface area contributed by atoms with Gasteiger partial charge in [0.15, 0.2) is 0 Å². The molecule has 0 amide bonds. The van der Waals surface area contributed by atoms with Crippen molar-refractivity contribution >= 4 is 15.9 Å². The molecule has 1 aromatic carbocycles. The molecule has 0 bridgehead atoms. The predicted octanol–water partition coefficient (Wildman–Crippen LogP) is 3.57. The van der Waals surface area contributed by atoms with E-state index in [1.807, 2.05) is 6.07 Å². The van der Waals surface area contributed by atoms with Crippen LogP contribution in [0.3, 0.4) is 0 Å². The van der Waals surface area contributed by atoms with Gasteiger partial charge in [-0.1, -0.05) is 15.9 Å². The van der Waals surface area contributed by atoms with Crippen molar-refractivity contribution in [1.82, 2.24) is 4.90 Å². The van der Waals surface area contributed by atoms with E-state index in [0.717, 1.165) is 42.3 Å². The average molecular weight is 330 g/mol. The fraction of sp³-hybridized carbons (Fsp3) is 0.600. The summed E-state index contributed by atoms with van der Waals surface area (Å²) >= 11 is 3.33. The zero-order valence-electron chi connectivity index (χ0n) is 11.3. The van der Waals surface area contributed by atoms with E-state index in [4.69, 9.17) is 5.11 Å². The molecule has 4 heteroatoms. The van der Waals surface area contributed by atoms with Gasteiger partial charge in [-0.25, -0.2) is 4.39 Å². The van der Waals surface area contributed by atoms with E-state index >= 15 is 0 Å². The second-order valence-electron chi connectivity index (χ2n) is 5.55. The van der Waals surface area contributed by atoms with Crippen LogP contribution in [0.25, 0.3) is 0 Å². The number of benzene rings is 1. The summed E-state index contributed by atoms with van der Waals surface area (Å²) in [4.78, 5) is 2.30. The maximum absolute atomic E-state index is 13.3. The normalized spacial score (nSPS) is 23.8. The third-order valence-electron chi connectivity index (χ3n) is 4.05. The summed E-state index contributed by atoms with van der Waals surface area (Å²) in [7, 11) is 2.10. The van der Waals surface area contributed by atoms with Crippen LogP contribution in [0.4, 0.5) is 4.39 Å². The number of nitrogens with zero attached hydrogens (tertiary/aromatic N) is 1. The maximum Gasteiger partial charge on any atom is 0.124 e. The molecule has 1 saturated carbocycles. The molecule has 0 spiro atoms. The van der Waals surface area contributed by atoms with Crippen LogP contribution in [-0.4, -0.2) is 29.7 Å². The minimum atomic E-state index is -0.193. The molecular weight excluding hydrogens is 309 g/mol. The van der Waals surface area contributed by atoms with E-state index in [2.05, 4.69) is 27.9 Å². The van der Waals surface area contributed by atoms with Crippen LogP contribution < -0.4 is 0 Å². The molecule has 0 aliphatic heterocycles. The summed E-state index contributed by atoms with van der Waals surface area (Å²) < 4.78 is 14.1. The van der Waals surface area contributed by atoms with Crippen LogP contribution in [0, 0.1) is 11.7 Å². The molecule has 0 unspecified atom stereocenters. The Kier molecular flexibility index (Phi) is 5.37. The summed E-state index contributed by atoms with van der Waals surface area (Å²) in [6.45, 7) is 1.08. The first-order valence-corrected chi connectivity index (χ1v) is 7.64. The second kappa shape index (κ2) is 6.82. The van der Waals surface area contributed by atoms with Gasteiger partial charge in [-0.05, 0) is 62.4 Å². The SMILES string of the molecule is CN(Cc1cc(F)cc(Br)c1)C1CCC(CO)CC1. The molecule has 1 fully saturated rings. The maximum atomic E-state index is 13.3. The first-order valence-electron chi connectivity index (χ1n) is 6.84. The molecule has 1 aliphatic carbocycles. The van der Waals surface area contributed by atoms with Crippen molar-refractivity contribution in [2.75, 3.05) is 13.7 Å². The monoisotopic (exact) mass is 329 g/mol. The lowest BCUT2D eigenvalue weighted by Gasteiger charge is -2.34. The molecule has 0 aromatic heterocycles.